The van der Waals surface area contributed by atoms with Crippen molar-refractivity contribution >= 4 is 6.09 Å². The summed E-state index contributed by atoms with van der Waals surface area (Å²) < 4.78 is 15.4. The van der Waals surface area contributed by atoms with Crippen LogP contribution in [-0.4, -0.2) is 44.4 Å². The molecule has 1 saturated heterocycles. The molecule has 1 aromatic carbocycles. The van der Waals surface area contributed by atoms with Gasteiger partial charge in [0.15, 0.2) is 11.5 Å². The third-order valence-corrected chi connectivity index (χ3v) is 3.30. The fourth-order valence-electron chi connectivity index (χ4n) is 2.26. The van der Waals surface area contributed by atoms with E-state index in [0.717, 1.165) is 12.0 Å². The Balaban J connectivity index is 2.08. The lowest BCUT2D eigenvalue weighted by atomic mass is 10.1. The van der Waals surface area contributed by atoms with Crippen molar-refractivity contribution in [2.24, 2.45) is 0 Å². The zero-order chi connectivity index (χ0) is 13.8. The average molecular weight is 265 g/mol. The van der Waals surface area contributed by atoms with Crippen LogP contribution in [0.2, 0.25) is 0 Å². The van der Waals surface area contributed by atoms with Crippen LogP contribution in [0, 0.1) is 0 Å². The summed E-state index contributed by atoms with van der Waals surface area (Å²) in [6.07, 6.45) is 0.531. The summed E-state index contributed by atoms with van der Waals surface area (Å²) in [5.74, 6) is 1.41. The topological polar surface area (TPSA) is 48.0 Å². The van der Waals surface area contributed by atoms with Gasteiger partial charge in [-0.05, 0) is 31.0 Å². The predicted octanol–water partition coefficient (Wildman–Crippen LogP) is 2.09. The van der Waals surface area contributed by atoms with Gasteiger partial charge < -0.3 is 19.1 Å². The van der Waals surface area contributed by atoms with Crippen LogP contribution in [0.1, 0.15) is 12.5 Å². The minimum Gasteiger partial charge on any atom is -0.493 e. The molecular weight excluding hydrogens is 246 g/mol. The van der Waals surface area contributed by atoms with Crippen molar-refractivity contribution in [1.82, 2.24) is 4.90 Å². The van der Waals surface area contributed by atoms with E-state index in [-0.39, 0.29) is 12.1 Å². The molecule has 1 amide bonds. The van der Waals surface area contributed by atoms with E-state index < -0.39 is 0 Å². The molecule has 5 nitrogen and oxygen atoms in total. The van der Waals surface area contributed by atoms with Gasteiger partial charge in [-0.25, -0.2) is 4.79 Å². The largest absolute Gasteiger partial charge is 0.493 e. The van der Waals surface area contributed by atoms with Crippen molar-refractivity contribution in [3.63, 3.8) is 0 Å². The molecule has 1 heterocycles. The van der Waals surface area contributed by atoms with E-state index in [4.69, 9.17) is 14.2 Å². The molecule has 1 atom stereocenters. The molecule has 1 fully saturated rings. The molecular formula is C14H19NO4. The van der Waals surface area contributed by atoms with Crippen molar-refractivity contribution in [1.29, 1.82) is 0 Å². The lowest BCUT2D eigenvalue weighted by Gasteiger charge is -2.22. The number of rotatable bonds is 5. The summed E-state index contributed by atoms with van der Waals surface area (Å²) in [5, 5.41) is 0. The van der Waals surface area contributed by atoms with Crippen LogP contribution in [-0.2, 0) is 11.2 Å². The highest BCUT2D eigenvalue weighted by Crippen LogP contribution is 2.28. The van der Waals surface area contributed by atoms with Crippen molar-refractivity contribution in [2.75, 3.05) is 27.4 Å². The third-order valence-electron chi connectivity index (χ3n) is 3.30. The number of ether oxygens (including phenoxy) is 3. The Morgan fingerprint density at radius 3 is 2.63 bits per heavy atom. The summed E-state index contributed by atoms with van der Waals surface area (Å²) in [6.45, 7) is 3.16. The Morgan fingerprint density at radius 2 is 2.05 bits per heavy atom. The van der Waals surface area contributed by atoms with E-state index in [9.17, 15) is 4.79 Å². The summed E-state index contributed by atoms with van der Waals surface area (Å²) >= 11 is 0. The molecule has 1 unspecified atom stereocenters. The first-order valence-corrected chi connectivity index (χ1v) is 6.30. The molecule has 0 aromatic heterocycles. The number of methoxy groups -OCH3 is 2. The van der Waals surface area contributed by atoms with E-state index in [1.807, 2.05) is 25.1 Å². The van der Waals surface area contributed by atoms with Crippen LogP contribution in [0.3, 0.4) is 0 Å². The monoisotopic (exact) mass is 265 g/mol. The van der Waals surface area contributed by atoms with Crippen molar-refractivity contribution in [2.45, 2.75) is 19.4 Å². The minimum absolute atomic E-state index is 0.105. The van der Waals surface area contributed by atoms with Crippen LogP contribution >= 0.6 is 0 Å². The minimum atomic E-state index is -0.229. The molecule has 0 bridgehead atoms. The summed E-state index contributed by atoms with van der Waals surface area (Å²) in [5.41, 5.74) is 1.10. The first-order chi connectivity index (χ1) is 9.15. The molecule has 104 valence electrons. The number of benzene rings is 1. The molecule has 1 aliphatic heterocycles. The van der Waals surface area contributed by atoms with Gasteiger partial charge in [-0.15, -0.1) is 0 Å². The molecule has 19 heavy (non-hydrogen) atoms. The summed E-state index contributed by atoms with van der Waals surface area (Å²) in [6, 6.07) is 5.91. The SMILES string of the molecule is COc1ccc(CC(C)N2CCOC2=O)cc1OC. The summed E-state index contributed by atoms with van der Waals surface area (Å²) in [4.78, 5) is 13.2. The summed E-state index contributed by atoms with van der Waals surface area (Å²) in [7, 11) is 3.23. The highest BCUT2D eigenvalue weighted by atomic mass is 16.6. The van der Waals surface area contributed by atoms with Gasteiger partial charge in [0.1, 0.15) is 6.61 Å². The van der Waals surface area contributed by atoms with Gasteiger partial charge in [0.05, 0.1) is 20.8 Å². The van der Waals surface area contributed by atoms with Gasteiger partial charge >= 0.3 is 6.09 Å². The molecule has 0 N–H and O–H groups in total. The number of hydrogen-bond acceptors (Lipinski definition) is 4. The Hall–Kier alpha value is -1.91. The van der Waals surface area contributed by atoms with Crippen molar-refractivity contribution < 1.29 is 19.0 Å². The van der Waals surface area contributed by atoms with Crippen molar-refractivity contribution in [3.8, 4) is 11.5 Å². The number of cyclic esters (lactones) is 1. The molecule has 0 aliphatic carbocycles. The van der Waals surface area contributed by atoms with Gasteiger partial charge in [0.2, 0.25) is 0 Å². The maximum Gasteiger partial charge on any atom is 0.410 e. The molecule has 1 aliphatic rings. The van der Waals surface area contributed by atoms with Crippen LogP contribution in [0.4, 0.5) is 4.79 Å². The van der Waals surface area contributed by atoms with E-state index in [1.54, 1.807) is 19.1 Å². The first-order valence-electron chi connectivity index (χ1n) is 6.30. The van der Waals surface area contributed by atoms with Gasteiger partial charge in [-0.2, -0.15) is 0 Å². The average Bonchev–Trinajstić information content (AvgIpc) is 2.85. The van der Waals surface area contributed by atoms with Gasteiger partial charge in [-0.3, -0.25) is 0 Å². The van der Waals surface area contributed by atoms with E-state index >= 15 is 0 Å². The molecule has 1 aromatic rings. The lowest BCUT2D eigenvalue weighted by Crippen LogP contribution is -2.35. The Bertz CT molecular complexity index is 461. The van der Waals surface area contributed by atoms with E-state index in [1.165, 1.54) is 0 Å². The number of amides is 1. The molecule has 0 spiro atoms. The normalized spacial score (nSPS) is 16.2. The van der Waals surface area contributed by atoms with Crippen LogP contribution in [0.15, 0.2) is 18.2 Å². The Kier molecular flexibility index (Phi) is 4.14. The van der Waals surface area contributed by atoms with Gasteiger partial charge in [0.25, 0.3) is 0 Å². The highest BCUT2D eigenvalue weighted by molar-refractivity contribution is 5.69. The zero-order valence-corrected chi connectivity index (χ0v) is 11.5. The van der Waals surface area contributed by atoms with E-state index in [2.05, 4.69) is 0 Å². The molecule has 5 heteroatoms. The Labute approximate surface area is 113 Å². The van der Waals surface area contributed by atoms with Crippen LogP contribution < -0.4 is 9.47 Å². The second-order valence-corrected chi connectivity index (χ2v) is 4.55. The maximum atomic E-state index is 11.5. The Morgan fingerprint density at radius 1 is 1.32 bits per heavy atom. The molecule has 2 rings (SSSR count). The number of carbonyl (C=O) groups excluding carboxylic acids is 1. The third kappa shape index (κ3) is 2.92. The van der Waals surface area contributed by atoms with Crippen LogP contribution in [0.5, 0.6) is 11.5 Å². The number of carbonyl (C=O) groups is 1. The first kappa shape index (κ1) is 13.5. The smallest absolute Gasteiger partial charge is 0.410 e. The highest BCUT2D eigenvalue weighted by Gasteiger charge is 2.26. The molecule has 0 radical (unpaired) electrons. The second-order valence-electron chi connectivity index (χ2n) is 4.55. The van der Waals surface area contributed by atoms with Gasteiger partial charge in [0, 0.05) is 6.04 Å². The quantitative estimate of drug-likeness (QED) is 0.818. The standard InChI is InChI=1S/C14H19NO4/c1-10(15-6-7-19-14(15)16)8-11-4-5-12(17-2)13(9-11)18-3/h4-5,9-10H,6-8H2,1-3H3. The predicted molar refractivity (Wildman–Crippen MR) is 70.8 cm³/mol. The number of nitrogens with zero attached hydrogens (tertiary/aromatic N) is 1. The fourth-order valence-corrected chi connectivity index (χ4v) is 2.26. The number of hydrogen-bond donors (Lipinski definition) is 0. The van der Waals surface area contributed by atoms with Crippen molar-refractivity contribution in [3.05, 3.63) is 23.8 Å². The zero-order valence-electron chi connectivity index (χ0n) is 11.5. The molecule has 0 saturated carbocycles. The van der Waals surface area contributed by atoms with Crippen LogP contribution in [0.25, 0.3) is 0 Å². The van der Waals surface area contributed by atoms with Gasteiger partial charge in [-0.1, -0.05) is 6.07 Å². The maximum absolute atomic E-state index is 11.5. The second kappa shape index (κ2) is 5.82. The van der Waals surface area contributed by atoms with E-state index in [0.29, 0.717) is 24.7 Å². The fraction of sp³-hybridized carbons (Fsp3) is 0.500. The lowest BCUT2D eigenvalue weighted by molar-refractivity contribution is 0.150.